The van der Waals surface area contributed by atoms with E-state index in [4.69, 9.17) is 15.1 Å². The highest BCUT2D eigenvalue weighted by Gasteiger charge is 2.12. The molecule has 0 aliphatic rings. The molecule has 1 N–H and O–H groups in total. The average molecular weight is 319 g/mol. The molecule has 5 nitrogen and oxygen atoms in total. The van der Waals surface area contributed by atoms with Crippen LogP contribution in [0.25, 0.3) is 0 Å². The number of nitriles is 1. The number of carbonyl (C=O) groups is 1. The number of carboxylic acids is 1. The number of benzene rings is 1. The summed E-state index contributed by atoms with van der Waals surface area (Å²) in [6, 6.07) is 8.12. The van der Waals surface area contributed by atoms with Gasteiger partial charge in [-0.3, -0.25) is 4.98 Å². The highest BCUT2D eigenvalue weighted by Crippen LogP contribution is 2.28. The number of hydrogen-bond donors (Lipinski definition) is 1. The Balaban J connectivity index is 2.34. The summed E-state index contributed by atoms with van der Waals surface area (Å²) in [5, 5.41) is 17.8. The molecule has 0 atom stereocenters. The molecule has 0 saturated heterocycles. The van der Waals surface area contributed by atoms with Gasteiger partial charge in [0.15, 0.2) is 5.75 Å². The van der Waals surface area contributed by atoms with E-state index in [1.807, 2.05) is 6.07 Å². The fourth-order valence-electron chi connectivity index (χ4n) is 1.41. The Bertz CT molecular complexity index is 680. The summed E-state index contributed by atoms with van der Waals surface area (Å²) in [7, 11) is 0. The van der Waals surface area contributed by atoms with Gasteiger partial charge in [0.05, 0.1) is 11.8 Å². The lowest BCUT2D eigenvalue weighted by atomic mass is 10.2. The van der Waals surface area contributed by atoms with Gasteiger partial charge in [-0.1, -0.05) is 0 Å². The molecular weight excluding hydrogens is 312 g/mol. The Hall–Kier alpha value is -2.39. The third-order valence-electron chi connectivity index (χ3n) is 2.30. The second-order valence-electron chi connectivity index (χ2n) is 3.53. The van der Waals surface area contributed by atoms with E-state index in [-0.39, 0.29) is 11.3 Å². The van der Waals surface area contributed by atoms with Crippen molar-refractivity contribution < 1.29 is 14.6 Å². The standard InChI is InChI=1S/C13H7BrN2O3/c14-11-5-9(2-1-8(11)6-15)19-12-7-16-4-3-10(12)13(17)18/h1-5,7H,(H,17,18). The fraction of sp³-hybridized carbons (Fsp3) is 0. The lowest BCUT2D eigenvalue weighted by Gasteiger charge is -2.08. The highest BCUT2D eigenvalue weighted by molar-refractivity contribution is 9.10. The summed E-state index contributed by atoms with van der Waals surface area (Å²) in [4.78, 5) is 14.8. The van der Waals surface area contributed by atoms with Gasteiger partial charge < -0.3 is 9.84 Å². The van der Waals surface area contributed by atoms with Crippen molar-refractivity contribution >= 4 is 21.9 Å². The largest absolute Gasteiger partial charge is 0.478 e. The molecule has 0 saturated carbocycles. The number of pyridine rings is 1. The van der Waals surface area contributed by atoms with Crippen molar-refractivity contribution in [1.29, 1.82) is 5.26 Å². The molecule has 6 heteroatoms. The Kier molecular flexibility index (Phi) is 3.78. The van der Waals surface area contributed by atoms with E-state index in [0.717, 1.165) is 0 Å². The predicted octanol–water partition coefficient (Wildman–Crippen LogP) is 3.21. The van der Waals surface area contributed by atoms with Gasteiger partial charge in [0, 0.05) is 10.7 Å². The Morgan fingerprint density at radius 2 is 2.21 bits per heavy atom. The smallest absolute Gasteiger partial charge is 0.339 e. The number of aromatic nitrogens is 1. The zero-order chi connectivity index (χ0) is 13.8. The number of hydrogen-bond acceptors (Lipinski definition) is 4. The van der Waals surface area contributed by atoms with Crippen LogP contribution in [-0.2, 0) is 0 Å². The lowest BCUT2D eigenvalue weighted by Crippen LogP contribution is -2.00. The highest BCUT2D eigenvalue weighted by atomic mass is 79.9. The monoisotopic (exact) mass is 318 g/mol. The van der Waals surface area contributed by atoms with Gasteiger partial charge in [-0.25, -0.2) is 4.79 Å². The van der Waals surface area contributed by atoms with Gasteiger partial charge in [0.2, 0.25) is 0 Å². The number of aromatic carboxylic acids is 1. The molecule has 94 valence electrons. The number of carboxylic acid groups (broad SMARTS) is 1. The second kappa shape index (κ2) is 5.50. The zero-order valence-corrected chi connectivity index (χ0v) is 11.1. The van der Waals surface area contributed by atoms with Gasteiger partial charge in [0.1, 0.15) is 17.4 Å². The van der Waals surface area contributed by atoms with Crippen LogP contribution in [0.4, 0.5) is 0 Å². The van der Waals surface area contributed by atoms with Crippen LogP contribution in [0.15, 0.2) is 41.1 Å². The molecule has 0 aliphatic carbocycles. The quantitative estimate of drug-likeness (QED) is 0.939. The van der Waals surface area contributed by atoms with Crippen molar-refractivity contribution in [1.82, 2.24) is 4.98 Å². The Morgan fingerprint density at radius 3 is 2.84 bits per heavy atom. The van der Waals surface area contributed by atoms with E-state index in [1.165, 1.54) is 18.5 Å². The molecule has 2 rings (SSSR count). The van der Waals surface area contributed by atoms with E-state index >= 15 is 0 Å². The van der Waals surface area contributed by atoms with E-state index in [2.05, 4.69) is 20.9 Å². The van der Waals surface area contributed by atoms with Gasteiger partial charge in [-0.2, -0.15) is 5.26 Å². The zero-order valence-electron chi connectivity index (χ0n) is 9.50. The van der Waals surface area contributed by atoms with Crippen molar-refractivity contribution in [3.63, 3.8) is 0 Å². The SMILES string of the molecule is N#Cc1ccc(Oc2cnccc2C(=O)O)cc1Br. The second-order valence-corrected chi connectivity index (χ2v) is 4.39. The number of halogens is 1. The Labute approximate surface area is 117 Å². The van der Waals surface area contributed by atoms with Crippen molar-refractivity contribution in [3.8, 4) is 17.6 Å². The topological polar surface area (TPSA) is 83.2 Å². The normalized spacial score (nSPS) is 9.68. The summed E-state index contributed by atoms with van der Waals surface area (Å²) in [6.07, 6.45) is 2.71. The molecule has 2 aromatic rings. The molecule has 19 heavy (non-hydrogen) atoms. The molecule has 1 heterocycles. The van der Waals surface area contributed by atoms with Gasteiger partial charge in [-0.05, 0) is 40.2 Å². The first-order chi connectivity index (χ1) is 9.11. The van der Waals surface area contributed by atoms with Crippen molar-refractivity contribution in [2.45, 2.75) is 0 Å². The molecule has 0 radical (unpaired) electrons. The average Bonchev–Trinajstić information content (AvgIpc) is 2.39. The third kappa shape index (κ3) is 2.89. The van der Waals surface area contributed by atoms with Crippen LogP contribution in [0.1, 0.15) is 15.9 Å². The molecule has 0 amide bonds. The van der Waals surface area contributed by atoms with E-state index in [9.17, 15) is 4.79 Å². The molecule has 1 aromatic heterocycles. The first kappa shape index (κ1) is 13.1. The number of nitrogens with zero attached hydrogens (tertiary/aromatic N) is 2. The first-order valence-electron chi connectivity index (χ1n) is 5.16. The first-order valence-corrected chi connectivity index (χ1v) is 5.96. The van der Waals surface area contributed by atoms with Crippen LogP contribution >= 0.6 is 15.9 Å². The third-order valence-corrected chi connectivity index (χ3v) is 2.96. The fourth-order valence-corrected chi connectivity index (χ4v) is 1.86. The van der Waals surface area contributed by atoms with Crippen molar-refractivity contribution in [2.75, 3.05) is 0 Å². The Morgan fingerprint density at radius 1 is 1.42 bits per heavy atom. The van der Waals surface area contributed by atoms with Crippen molar-refractivity contribution in [3.05, 3.63) is 52.3 Å². The lowest BCUT2D eigenvalue weighted by molar-refractivity contribution is 0.0694. The van der Waals surface area contributed by atoms with Crippen molar-refractivity contribution in [2.24, 2.45) is 0 Å². The number of rotatable bonds is 3. The maximum absolute atomic E-state index is 11.0. The van der Waals surface area contributed by atoms with Crippen LogP contribution < -0.4 is 4.74 Å². The number of ether oxygens (including phenoxy) is 1. The minimum absolute atomic E-state index is 0.0236. The van der Waals surface area contributed by atoms with Gasteiger partial charge in [-0.15, -0.1) is 0 Å². The summed E-state index contributed by atoms with van der Waals surface area (Å²) >= 11 is 3.23. The molecule has 0 fully saturated rings. The summed E-state index contributed by atoms with van der Waals surface area (Å²) in [6.45, 7) is 0. The van der Waals surface area contributed by atoms with Crippen LogP contribution in [0.2, 0.25) is 0 Å². The minimum atomic E-state index is -1.09. The molecule has 0 spiro atoms. The van der Waals surface area contributed by atoms with E-state index in [0.29, 0.717) is 15.8 Å². The van der Waals surface area contributed by atoms with Gasteiger partial charge in [0.25, 0.3) is 0 Å². The summed E-state index contributed by atoms with van der Waals surface area (Å²) in [5.74, 6) is -0.530. The maximum atomic E-state index is 11.0. The predicted molar refractivity (Wildman–Crippen MR) is 70.1 cm³/mol. The van der Waals surface area contributed by atoms with Crippen LogP contribution in [0.3, 0.4) is 0 Å². The van der Waals surface area contributed by atoms with Gasteiger partial charge >= 0.3 is 5.97 Å². The van der Waals surface area contributed by atoms with Crippen LogP contribution in [0, 0.1) is 11.3 Å². The molecule has 1 aromatic carbocycles. The summed E-state index contributed by atoms with van der Waals surface area (Å²) < 4.78 is 6.05. The molecule has 0 bridgehead atoms. The van der Waals surface area contributed by atoms with E-state index in [1.54, 1.807) is 18.2 Å². The van der Waals surface area contributed by atoms with Crippen LogP contribution in [0.5, 0.6) is 11.5 Å². The minimum Gasteiger partial charge on any atom is -0.478 e. The van der Waals surface area contributed by atoms with E-state index < -0.39 is 5.97 Å². The summed E-state index contributed by atoms with van der Waals surface area (Å²) in [5.41, 5.74) is 0.493. The molecule has 0 unspecified atom stereocenters. The molecule has 0 aliphatic heterocycles. The molecular formula is C13H7BrN2O3. The maximum Gasteiger partial charge on any atom is 0.339 e. The van der Waals surface area contributed by atoms with Crippen LogP contribution in [-0.4, -0.2) is 16.1 Å².